The lowest BCUT2D eigenvalue weighted by molar-refractivity contribution is -0.145. The molecule has 2 rings (SSSR count). The van der Waals surface area contributed by atoms with E-state index in [9.17, 15) is 14.0 Å². The highest BCUT2D eigenvalue weighted by atomic mass is 19.1. The van der Waals surface area contributed by atoms with Crippen molar-refractivity contribution in [1.29, 1.82) is 0 Å². The van der Waals surface area contributed by atoms with Crippen LogP contribution in [0.4, 0.5) is 4.39 Å². The number of amides is 1. The second-order valence-corrected chi connectivity index (χ2v) is 4.99. The topological polar surface area (TPSA) is 55.8 Å². The normalized spacial score (nSPS) is 18.4. The third kappa shape index (κ3) is 3.78. The van der Waals surface area contributed by atoms with E-state index in [2.05, 4.69) is 4.74 Å². The van der Waals surface area contributed by atoms with Crippen LogP contribution < -0.4 is 0 Å². The molecule has 1 aliphatic rings. The van der Waals surface area contributed by atoms with Crippen molar-refractivity contribution in [3.05, 3.63) is 35.1 Å². The van der Waals surface area contributed by atoms with Gasteiger partial charge in [0.15, 0.2) is 0 Å². The number of ether oxygens (including phenoxy) is 2. The number of esters is 1. The smallest absolute Gasteiger partial charge is 0.308 e. The van der Waals surface area contributed by atoms with Crippen LogP contribution in [0.15, 0.2) is 18.2 Å². The predicted octanol–water partition coefficient (Wildman–Crippen LogP) is 1.54. The summed E-state index contributed by atoms with van der Waals surface area (Å²) in [6.07, 6.45) is -0.250. The Morgan fingerprint density at radius 1 is 1.48 bits per heavy atom. The molecule has 21 heavy (non-hydrogen) atoms. The van der Waals surface area contributed by atoms with Crippen molar-refractivity contribution in [1.82, 2.24) is 4.90 Å². The van der Waals surface area contributed by atoms with Crippen molar-refractivity contribution in [3.63, 3.8) is 0 Å². The monoisotopic (exact) mass is 295 g/mol. The molecule has 1 unspecified atom stereocenters. The van der Waals surface area contributed by atoms with Crippen molar-refractivity contribution in [3.8, 4) is 0 Å². The average molecular weight is 295 g/mol. The van der Waals surface area contributed by atoms with E-state index in [1.807, 2.05) is 0 Å². The lowest BCUT2D eigenvalue weighted by Crippen LogP contribution is -2.46. The van der Waals surface area contributed by atoms with Crippen LogP contribution >= 0.6 is 0 Å². The first-order valence-electron chi connectivity index (χ1n) is 6.75. The highest BCUT2D eigenvalue weighted by Gasteiger charge is 2.27. The molecule has 0 N–H and O–H groups in total. The van der Waals surface area contributed by atoms with Gasteiger partial charge < -0.3 is 14.4 Å². The summed E-state index contributed by atoms with van der Waals surface area (Å²) in [6, 6.07) is 4.28. The van der Waals surface area contributed by atoms with Crippen molar-refractivity contribution in [2.24, 2.45) is 0 Å². The minimum Gasteiger partial charge on any atom is -0.469 e. The fourth-order valence-corrected chi connectivity index (χ4v) is 2.26. The number of hydrogen-bond donors (Lipinski definition) is 0. The number of carbonyl (C=O) groups is 2. The van der Waals surface area contributed by atoms with Crippen LogP contribution in [-0.4, -0.2) is 49.7 Å². The van der Waals surface area contributed by atoms with Crippen molar-refractivity contribution in [2.45, 2.75) is 19.4 Å². The van der Waals surface area contributed by atoms with Crippen LogP contribution in [0.25, 0.3) is 0 Å². The minimum absolute atomic E-state index is 0.114. The number of hydrogen-bond acceptors (Lipinski definition) is 4. The quantitative estimate of drug-likeness (QED) is 0.794. The highest BCUT2D eigenvalue weighted by Crippen LogP contribution is 2.15. The zero-order valence-electron chi connectivity index (χ0n) is 12.1. The fourth-order valence-electron chi connectivity index (χ4n) is 2.26. The van der Waals surface area contributed by atoms with E-state index in [1.165, 1.54) is 25.3 Å². The van der Waals surface area contributed by atoms with Gasteiger partial charge in [0, 0.05) is 18.7 Å². The lowest BCUT2D eigenvalue weighted by Gasteiger charge is -2.32. The number of aryl methyl sites for hydroxylation is 1. The predicted molar refractivity (Wildman–Crippen MR) is 73.4 cm³/mol. The van der Waals surface area contributed by atoms with Gasteiger partial charge in [-0.2, -0.15) is 0 Å². The maximum atomic E-state index is 13.3. The van der Waals surface area contributed by atoms with Crippen molar-refractivity contribution < 1.29 is 23.5 Å². The first-order valence-corrected chi connectivity index (χ1v) is 6.75. The molecule has 1 atom stereocenters. The Labute approximate surface area is 122 Å². The summed E-state index contributed by atoms with van der Waals surface area (Å²) >= 11 is 0. The molecule has 1 heterocycles. The van der Waals surface area contributed by atoms with Gasteiger partial charge in [-0.3, -0.25) is 9.59 Å². The molecule has 1 saturated heterocycles. The molecular formula is C15H18FNO4. The summed E-state index contributed by atoms with van der Waals surface area (Å²) in [5.74, 6) is -0.889. The highest BCUT2D eigenvalue weighted by molar-refractivity contribution is 5.94. The first kappa shape index (κ1) is 15.4. The van der Waals surface area contributed by atoms with Crippen LogP contribution in [-0.2, 0) is 14.3 Å². The van der Waals surface area contributed by atoms with Gasteiger partial charge in [-0.1, -0.05) is 0 Å². The number of benzene rings is 1. The van der Waals surface area contributed by atoms with Gasteiger partial charge in [0.05, 0.1) is 26.2 Å². The Bertz CT molecular complexity index is 546. The van der Waals surface area contributed by atoms with Crippen LogP contribution in [0.3, 0.4) is 0 Å². The molecule has 1 amide bonds. The molecule has 0 aromatic heterocycles. The number of rotatable bonds is 3. The number of methoxy groups -OCH3 is 1. The van der Waals surface area contributed by atoms with Crippen LogP contribution in [0, 0.1) is 12.7 Å². The molecule has 1 fully saturated rings. The Hall–Kier alpha value is -1.95. The average Bonchev–Trinajstić information content (AvgIpc) is 2.49. The Balaban J connectivity index is 2.04. The van der Waals surface area contributed by atoms with Gasteiger partial charge in [-0.05, 0) is 30.7 Å². The number of carbonyl (C=O) groups excluding carboxylic acids is 2. The standard InChI is InChI=1S/C15H18FNO4/c1-10-7-11(3-4-13(10)16)15(19)17-5-6-21-12(9-17)8-14(18)20-2/h3-4,7,12H,5-6,8-9H2,1-2H3. The summed E-state index contributed by atoms with van der Waals surface area (Å²) in [4.78, 5) is 25.3. The number of nitrogens with zero attached hydrogens (tertiary/aromatic N) is 1. The maximum absolute atomic E-state index is 13.3. The van der Waals surface area contributed by atoms with Gasteiger partial charge in [-0.25, -0.2) is 4.39 Å². The van der Waals surface area contributed by atoms with Crippen molar-refractivity contribution in [2.75, 3.05) is 26.8 Å². The summed E-state index contributed by atoms with van der Waals surface area (Å²) in [7, 11) is 1.31. The van der Waals surface area contributed by atoms with E-state index in [0.717, 1.165) is 0 Å². The van der Waals surface area contributed by atoms with E-state index in [-0.39, 0.29) is 30.2 Å². The second-order valence-electron chi connectivity index (χ2n) is 4.99. The SMILES string of the molecule is COC(=O)CC1CN(C(=O)c2ccc(F)c(C)c2)CCO1. The van der Waals surface area contributed by atoms with E-state index >= 15 is 0 Å². The molecular weight excluding hydrogens is 277 g/mol. The van der Waals surface area contributed by atoms with Crippen molar-refractivity contribution >= 4 is 11.9 Å². The number of morpholine rings is 1. The molecule has 0 radical (unpaired) electrons. The van der Waals surface area contributed by atoms with E-state index in [1.54, 1.807) is 11.8 Å². The van der Waals surface area contributed by atoms with E-state index in [0.29, 0.717) is 30.8 Å². The molecule has 0 spiro atoms. The molecule has 1 aliphatic heterocycles. The Kier molecular flexibility index (Phi) is 4.90. The Morgan fingerprint density at radius 3 is 2.90 bits per heavy atom. The number of halogens is 1. The molecule has 0 saturated carbocycles. The van der Waals surface area contributed by atoms with Gasteiger partial charge in [-0.15, -0.1) is 0 Å². The largest absolute Gasteiger partial charge is 0.469 e. The Morgan fingerprint density at radius 2 is 2.24 bits per heavy atom. The zero-order chi connectivity index (χ0) is 15.4. The lowest BCUT2D eigenvalue weighted by atomic mass is 10.1. The second kappa shape index (κ2) is 6.67. The molecule has 1 aromatic rings. The molecule has 0 bridgehead atoms. The molecule has 1 aromatic carbocycles. The van der Waals surface area contributed by atoms with Crippen LogP contribution in [0.2, 0.25) is 0 Å². The van der Waals surface area contributed by atoms with Gasteiger partial charge >= 0.3 is 5.97 Å². The third-order valence-electron chi connectivity index (χ3n) is 3.45. The van der Waals surface area contributed by atoms with Gasteiger partial charge in [0.1, 0.15) is 5.82 Å². The summed E-state index contributed by atoms with van der Waals surface area (Å²) < 4.78 is 23.3. The minimum atomic E-state index is -0.369. The summed E-state index contributed by atoms with van der Waals surface area (Å²) in [5.41, 5.74) is 0.868. The summed E-state index contributed by atoms with van der Waals surface area (Å²) in [6.45, 7) is 2.76. The molecule has 114 valence electrons. The summed E-state index contributed by atoms with van der Waals surface area (Å²) in [5, 5.41) is 0. The first-order chi connectivity index (χ1) is 10.0. The molecule has 0 aliphatic carbocycles. The third-order valence-corrected chi connectivity index (χ3v) is 3.45. The molecule has 5 nitrogen and oxygen atoms in total. The van der Waals surface area contributed by atoms with E-state index in [4.69, 9.17) is 4.74 Å². The maximum Gasteiger partial charge on any atom is 0.308 e. The van der Waals surface area contributed by atoms with Gasteiger partial charge in [0.2, 0.25) is 0 Å². The fraction of sp³-hybridized carbons (Fsp3) is 0.467. The van der Waals surface area contributed by atoms with E-state index < -0.39 is 0 Å². The van der Waals surface area contributed by atoms with Gasteiger partial charge in [0.25, 0.3) is 5.91 Å². The zero-order valence-corrected chi connectivity index (χ0v) is 12.1. The van der Waals surface area contributed by atoms with Crippen LogP contribution in [0.1, 0.15) is 22.3 Å². The molecule has 6 heteroatoms. The van der Waals surface area contributed by atoms with Crippen LogP contribution in [0.5, 0.6) is 0 Å².